The molecule has 0 aliphatic carbocycles. The summed E-state index contributed by atoms with van der Waals surface area (Å²) >= 11 is 1.33. The van der Waals surface area contributed by atoms with E-state index in [9.17, 15) is 18.0 Å². The molecule has 0 spiro atoms. The topological polar surface area (TPSA) is 160 Å². The van der Waals surface area contributed by atoms with Crippen LogP contribution in [0.15, 0.2) is 29.2 Å². The van der Waals surface area contributed by atoms with Crippen LogP contribution in [-0.4, -0.2) is 55.1 Å². The van der Waals surface area contributed by atoms with E-state index in [1.165, 1.54) is 35.6 Å². The molecule has 1 aliphatic rings. The molecule has 0 radical (unpaired) electrons. The van der Waals surface area contributed by atoms with Gasteiger partial charge in [0.25, 0.3) is 11.8 Å². The second-order valence-electron chi connectivity index (χ2n) is 8.59. The molecule has 0 saturated carbocycles. The predicted octanol–water partition coefficient (Wildman–Crippen LogP) is 2.68. The molecule has 2 aromatic rings. The summed E-state index contributed by atoms with van der Waals surface area (Å²) in [6.07, 6.45) is 0.652. The zero-order valence-corrected chi connectivity index (χ0v) is 21.8. The Kier molecular flexibility index (Phi) is 8.82. The molecule has 2 amide bonds. The SMILES string of the molecule is CC(C)N1CCc2c(sc(NC(=O)c3ccc(S(=O)(=O)N(CCC#N)CCC#N)cc3)c2C(N)=O)C1. The molecule has 0 bridgehead atoms. The van der Waals surface area contributed by atoms with Crippen molar-refractivity contribution in [2.75, 3.05) is 25.0 Å². The molecular weight excluding hydrogens is 500 g/mol. The molecule has 1 aromatic heterocycles. The van der Waals surface area contributed by atoms with Crippen LogP contribution in [0.1, 0.15) is 57.8 Å². The van der Waals surface area contributed by atoms with Gasteiger partial charge in [0.05, 0.1) is 22.6 Å². The van der Waals surface area contributed by atoms with E-state index in [4.69, 9.17) is 16.3 Å². The molecule has 190 valence electrons. The Balaban J connectivity index is 1.82. The summed E-state index contributed by atoms with van der Waals surface area (Å²) in [5.41, 5.74) is 7.06. The zero-order chi connectivity index (χ0) is 26.5. The van der Waals surface area contributed by atoms with E-state index in [-0.39, 0.29) is 36.4 Å². The number of fused-ring (bicyclic) bond motifs is 1. The van der Waals surface area contributed by atoms with Gasteiger partial charge in [-0.05, 0) is 50.1 Å². The van der Waals surface area contributed by atoms with Crippen LogP contribution in [-0.2, 0) is 23.0 Å². The molecule has 1 aromatic carbocycles. The Hall–Kier alpha value is -3.29. The van der Waals surface area contributed by atoms with Gasteiger partial charge in [-0.15, -0.1) is 11.3 Å². The van der Waals surface area contributed by atoms with Gasteiger partial charge >= 0.3 is 0 Å². The summed E-state index contributed by atoms with van der Waals surface area (Å²) < 4.78 is 27.0. The smallest absolute Gasteiger partial charge is 0.256 e. The van der Waals surface area contributed by atoms with Crippen LogP contribution in [0, 0.1) is 22.7 Å². The van der Waals surface area contributed by atoms with Gasteiger partial charge in [0.2, 0.25) is 10.0 Å². The van der Waals surface area contributed by atoms with E-state index in [2.05, 4.69) is 24.1 Å². The molecule has 1 aliphatic heterocycles. The molecule has 0 unspecified atom stereocenters. The molecule has 0 saturated heterocycles. The highest BCUT2D eigenvalue weighted by Crippen LogP contribution is 2.37. The number of rotatable bonds is 10. The van der Waals surface area contributed by atoms with Gasteiger partial charge in [-0.2, -0.15) is 14.8 Å². The van der Waals surface area contributed by atoms with Crippen molar-refractivity contribution in [1.82, 2.24) is 9.21 Å². The number of hydrogen-bond donors (Lipinski definition) is 2. The van der Waals surface area contributed by atoms with E-state index in [0.717, 1.165) is 21.3 Å². The zero-order valence-electron chi connectivity index (χ0n) is 20.2. The van der Waals surface area contributed by atoms with Crippen molar-refractivity contribution in [3.8, 4) is 12.1 Å². The lowest BCUT2D eigenvalue weighted by atomic mass is 10.0. The number of nitrogens with one attached hydrogen (secondary N) is 1. The Morgan fingerprint density at radius 2 is 1.78 bits per heavy atom. The molecule has 10 nitrogen and oxygen atoms in total. The van der Waals surface area contributed by atoms with Crippen molar-refractivity contribution in [2.24, 2.45) is 5.73 Å². The summed E-state index contributed by atoms with van der Waals surface area (Å²) in [6, 6.07) is 9.55. The highest BCUT2D eigenvalue weighted by atomic mass is 32.2. The molecule has 0 atom stereocenters. The third-order valence-electron chi connectivity index (χ3n) is 5.99. The van der Waals surface area contributed by atoms with Crippen molar-refractivity contribution >= 4 is 38.2 Å². The van der Waals surface area contributed by atoms with E-state index in [1.54, 1.807) is 0 Å². The highest BCUT2D eigenvalue weighted by molar-refractivity contribution is 7.89. The Labute approximate surface area is 215 Å². The van der Waals surface area contributed by atoms with Crippen LogP contribution in [0.3, 0.4) is 0 Å². The minimum Gasteiger partial charge on any atom is -0.365 e. The molecule has 12 heteroatoms. The first-order chi connectivity index (χ1) is 17.1. The van der Waals surface area contributed by atoms with Crippen molar-refractivity contribution in [1.29, 1.82) is 10.5 Å². The number of benzene rings is 1. The number of amides is 2. The second kappa shape index (κ2) is 11.6. The van der Waals surface area contributed by atoms with Crippen molar-refractivity contribution in [3.05, 3.63) is 45.8 Å². The first kappa shape index (κ1) is 27.3. The van der Waals surface area contributed by atoms with Crippen LogP contribution in [0.25, 0.3) is 0 Å². The van der Waals surface area contributed by atoms with E-state index < -0.39 is 21.8 Å². The van der Waals surface area contributed by atoms with Gasteiger partial charge in [0.15, 0.2) is 0 Å². The molecule has 3 N–H and O–H groups in total. The molecular formula is C24H28N6O4S2. The third kappa shape index (κ3) is 5.91. The number of carbonyl (C=O) groups is 2. The average Bonchev–Trinajstić information content (AvgIpc) is 3.21. The summed E-state index contributed by atoms with van der Waals surface area (Å²) in [5.74, 6) is -1.09. The van der Waals surface area contributed by atoms with Crippen molar-refractivity contribution < 1.29 is 18.0 Å². The van der Waals surface area contributed by atoms with Gasteiger partial charge < -0.3 is 11.1 Å². The quantitative estimate of drug-likeness (QED) is 0.479. The number of anilines is 1. The number of nitriles is 2. The fraction of sp³-hybridized carbons (Fsp3) is 0.417. The number of hydrogen-bond acceptors (Lipinski definition) is 8. The minimum atomic E-state index is -3.94. The fourth-order valence-corrected chi connectivity index (χ4v) is 6.73. The summed E-state index contributed by atoms with van der Waals surface area (Å²) in [5, 5.41) is 20.8. The van der Waals surface area contributed by atoms with Gasteiger partial charge in [-0.3, -0.25) is 14.5 Å². The molecule has 2 heterocycles. The van der Waals surface area contributed by atoms with Crippen molar-refractivity contribution in [3.63, 3.8) is 0 Å². The maximum Gasteiger partial charge on any atom is 0.256 e. The number of sulfonamides is 1. The van der Waals surface area contributed by atoms with Crippen molar-refractivity contribution in [2.45, 2.75) is 50.6 Å². The van der Waals surface area contributed by atoms with E-state index in [1.807, 2.05) is 12.1 Å². The normalized spacial score (nSPS) is 13.7. The number of nitrogens with zero attached hydrogens (tertiary/aromatic N) is 4. The number of carbonyl (C=O) groups excluding carboxylic acids is 2. The largest absolute Gasteiger partial charge is 0.365 e. The Morgan fingerprint density at radius 1 is 1.17 bits per heavy atom. The maximum absolute atomic E-state index is 13.0. The fourth-order valence-electron chi connectivity index (χ4n) is 4.02. The number of primary amides is 1. The second-order valence-corrected chi connectivity index (χ2v) is 11.6. The van der Waals surface area contributed by atoms with E-state index >= 15 is 0 Å². The average molecular weight is 529 g/mol. The van der Waals surface area contributed by atoms with Crippen LogP contribution in [0.2, 0.25) is 0 Å². The summed E-state index contributed by atoms with van der Waals surface area (Å²) in [7, 11) is -3.94. The van der Waals surface area contributed by atoms with Gasteiger partial charge in [-0.25, -0.2) is 8.42 Å². The Morgan fingerprint density at radius 3 is 2.31 bits per heavy atom. The lowest BCUT2D eigenvalue weighted by molar-refractivity contribution is 0.0999. The maximum atomic E-state index is 13.0. The Bertz CT molecular complexity index is 1300. The molecule has 36 heavy (non-hydrogen) atoms. The number of thiophene rings is 1. The van der Waals surface area contributed by atoms with Gasteiger partial charge in [0, 0.05) is 55.5 Å². The first-order valence-corrected chi connectivity index (χ1v) is 13.7. The monoisotopic (exact) mass is 528 g/mol. The van der Waals surface area contributed by atoms with Crippen LogP contribution < -0.4 is 11.1 Å². The third-order valence-corrected chi connectivity index (χ3v) is 9.04. The lowest BCUT2D eigenvalue weighted by Gasteiger charge is -2.30. The van der Waals surface area contributed by atoms with Crippen LogP contribution >= 0.6 is 11.3 Å². The van der Waals surface area contributed by atoms with Crippen LogP contribution in [0.5, 0.6) is 0 Å². The standard InChI is InChI=1S/C24H28N6O4S2/c1-16(2)29-14-9-19-20(15-29)35-24(21(19)22(27)31)28-23(32)17-5-7-18(8-6-17)36(33,34)30(12-3-10-25)13-4-11-26/h5-8,16H,3-4,9,12-15H2,1-2H3,(H2,27,31)(H,28,32). The summed E-state index contributed by atoms with van der Waals surface area (Å²) in [4.78, 5) is 28.4. The van der Waals surface area contributed by atoms with Gasteiger partial charge in [-0.1, -0.05) is 0 Å². The molecule has 3 rings (SSSR count). The highest BCUT2D eigenvalue weighted by Gasteiger charge is 2.29. The van der Waals surface area contributed by atoms with Crippen LogP contribution in [0.4, 0.5) is 5.00 Å². The first-order valence-electron chi connectivity index (χ1n) is 11.4. The molecule has 0 fully saturated rings. The summed E-state index contributed by atoms with van der Waals surface area (Å²) in [6.45, 7) is 5.62. The van der Waals surface area contributed by atoms with Gasteiger partial charge in [0.1, 0.15) is 5.00 Å². The van der Waals surface area contributed by atoms with E-state index in [0.29, 0.717) is 29.6 Å². The predicted molar refractivity (Wildman–Crippen MR) is 136 cm³/mol. The lowest BCUT2D eigenvalue weighted by Crippen LogP contribution is -2.35. The number of nitrogens with two attached hydrogens (primary N) is 1. The minimum absolute atomic E-state index is 0.00688.